The number of hydrogen-bond acceptors (Lipinski definition) is 0. The summed E-state index contributed by atoms with van der Waals surface area (Å²) in [6.45, 7) is 0. The Labute approximate surface area is 95.1 Å². The Morgan fingerprint density at radius 1 is 0.769 bits per heavy atom. The van der Waals surface area contributed by atoms with E-state index in [9.17, 15) is 0 Å². The lowest BCUT2D eigenvalue weighted by Crippen LogP contribution is -2.30. The van der Waals surface area contributed by atoms with Gasteiger partial charge in [-0.2, -0.15) is 0 Å². The summed E-state index contributed by atoms with van der Waals surface area (Å²) in [5.74, 6) is 8.83. The molecule has 13 heavy (non-hydrogen) atoms. The lowest BCUT2D eigenvalue weighted by molar-refractivity contribution is 0.132. The van der Waals surface area contributed by atoms with Gasteiger partial charge in [0, 0.05) is 0 Å². The van der Waals surface area contributed by atoms with Crippen LogP contribution in [0.2, 0.25) is 0 Å². The van der Waals surface area contributed by atoms with Gasteiger partial charge >= 0.3 is 0 Å². The molecule has 0 aromatic rings. The monoisotopic (exact) mass is 302 g/mol. The second-order valence-electron chi connectivity index (χ2n) is 6.01. The van der Waals surface area contributed by atoms with Gasteiger partial charge in [0.1, 0.15) is 0 Å². The molecule has 0 amide bonds. The zero-order valence-electron chi connectivity index (χ0n) is 7.29. The molecule has 6 aliphatic rings. The summed E-state index contributed by atoms with van der Waals surface area (Å²) in [6.07, 6.45) is 3.19. The third-order valence-corrected chi connectivity index (χ3v) is 8.37. The molecule has 0 unspecified atom stereocenters. The first-order chi connectivity index (χ1) is 6.21. The largest absolute Gasteiger partial charge is 0.0872 e. The molecule has 6 bridgehead atoms. The zero-order valence-corrected chi connectivity index (χ0v) is 10.5. The molecule has 70 valence electrons. The molecule has 0 aromatic heterocycles. The lowest BCUT2D eigenvalue weighted by Gasteiger charge is -2.33. The van der Waals surface area contributed by atoms with Gasteiger partial charge in [-0.25, -0.2) is 0 Å². The maximum Gasteiger partial charge on any atom is 0.0872 e. The van der Waals surface area contributed by atoms with E-state index in [1.54, 1.807) is 12.8 Å². The molecule has 0 aromatic carbocycles. The quantitative estimate of drug-likeness (QED) is 0.603. The van der Waals surface area contributed by atoms with Crippen molar-refractivity contribution in [2.75, 3.05) is 0 Å². The van der Waals surface area contributed by atoms with Gasteiger partial charge in [-0.3, -0.25) is 0 Å². The summed E-state index contributed by atoms with van der Waals surface area (Å²) in [7, 11) is 0. The first-order valence-electron chi connectivity index (χ1n) is 5.59. The number of rotatable bonds is 0. The molecule has 0 spiro atoms. The Morgan fingerprint density at radius 3 is 1.69 bits per heavy atom. The van der Waals surface area contributed by atoms with E-state index in [4.69, 9.17) is 0 Å². The van der Waals surface area contributed by atoms with Crippen LogP contribution in [0.4, 0.5) is 0 Å². The van der Waals surface area contributed by atoms with Crippen LogP contribution < -0.4 is 0 Å². The summed E-state index contributed by atoms with van der Waals surface area (Å²) >= 11 is 8.01. The topological polar surface area (TPSA) is 0 Å². The van der Waals surface area contributed by atoms with Crippen LogP contribution >= 0.6 is 31.9 Å². The highest BCUT2D eigenvalue weighted by Crippen LogP contribution is 2.87. The predicted molar refractivity (Wildman–Crippen MR) is 57.7 cm³/mol. The van der Waals surface area contributed by atoms with Crippen molar-refractivity contribution in [1.29, 1.82) is 0 Å². The standard InChI is InChI=1S/C11H12Br2/c12-11(13)9-5-1-3-4-2-6(7(3)9)10(11)8(4)5/h3-10H,1-2H2/t3-,4-,5-,6+,7+,8+,9-,10+/m0/s1. The van der Waals surface area contributed by atoms with E-state index in [-0.39, 0.29) is 0 Å². The summed E-state index contributed by atoms with van der Waals surface area (Å²) in [6, 6.07) is 0. The van der Waals surface area contributed by atoms with E-state index in [1.165, 1.54) is 11.8 Å². The van der Waals surface area contributed by atoms with Crippen molar-refractivity contribution in [2.45, 2.75) is 16.1 Å². The average molecular weight is 304 g/mol. The lowest BCUT2D eigenvalue weighted by atomic mass is 9.71. The molecule has 6 rings (SSSR count). The number of alkyl halides is 2. The molecule has 0 aliphatic heterocycles. The summed E-state index contributed by atoms with van der Waals surface area (Å²) in [5.41, 5.74) is 0. The van der Waals surface area contributed by atoms with Crippen molar-refractivity contribution in [3.05, 3.63) is 0 Å². The number of halogens is 2. The van der Waals surface area contributed by atoms with E-state index in [0.29, 0.717) is 3.23 Å². The minimum Gasteiger partial charge on any atom is -0.0721 e. The SMILES string of the molecule is BrC1(Br)[C@@H]2[C@@H]3C[C@H]4[C@@H]5C[C@@H]([C@@H]42)[C@H]1[C@@H]35. The normalized spacial score (nSPS) is 78.0. The summed E-state index contributed by atoms with van der Waals surface area (Å²) < 4.78 is 0.380. The van der Waals surface area contributed by atoms with Crippen molar-refractivity contribution < 1.29 is 0 Å². The minimum atomic E-state index is 0.380. The third-order valence-electron chi connectivity index (χ3n) is 6.26. The van der Waals surface area contributed by atoms with Crippen LogP contribution in [0.3, 0.4) is 0 Å². The molecule has 8 atom stereocenters. The number of hydrogen-bond donors (Lipinski definition) is 0. The smallest absolute Gasteiger partial charge is 0.0721 e. The molecule has 0 heterocycles. The Bertz CT molecular complexity index is 294. The van der Waals surface area contributed by atoms with Crippen LogP contribution in [-0.4, -0.2) is 3.23 Å². The summed E-state index contributed by atoms with van der Waals surface area (Å²) in [5, 5.41) is 0. The molecular formula is C11H12Br2. The fourth-order valence-corrected chi connectivity index (χ4v) is 9.11. The van der Waals surface area contributed by atoms with Gasteiger partial charge in [-0.05, 0) is 60.2 Å². The van der Waals surface area contributed by atoms with Crippen molar-refractivity contribution in [3.63, 3.8) is 0 Å². The Hall–Kier alpha value is 0.960. The molecule has 6 aliphatic carbocycles. The first-order valence-corrected chi connectivity index (χ1v) is 7.17. The highest BCUT2D eigenvalue weighted by atomic mass is 79.9. The van der Waals surface area contributed by atoms with Crippen LogP contribution in [0.5, 0.6) is 0 Å². The zero-order chi connectivity index (χ0) is 8.53. The van der Waals surface area contributed by atoms with E-state index in [0.717, 1.165) is 35.5 Å². The van der Waals surface area contributed by atoms with Crippen LogP contribution in [0.25, 0.3) is 0 Å². The molecule has 0 radical (unpaired) electrons. The van der Waals surface area contributed by atoms with Crippen LogP contribution in [0.1, 0.15) is 12.8 Å². The minimum absolute atomic E-state index is 0.380. The van der Waals surface area contributed by atoms with E-state index in [2.05, 4.69) is 31.9 Å². The second-order valence-corrected chi connectivity index (χ2v) is 9.70. The maximum absolute atomic E-state index is 4.01. The molecular weight excluding hydrogens is 292 g/mol. The van der Waals surface area contributed by atoms with Crippen molar-refractivity contribution in [3.8, 4) is 0 Å². The molecule has 0 nitrogen and oxygen atoms in total. The van der Waals surface area contributed by atoms with E-state index < -0.39 is 0 Å². The fourth-order valence-electron chi connectivity index (χ4n) is 6.53. The third kappa shape index (κ3) is 0.480. The van der Waals surface area contributed by atoms with Crippen molar-refractivity contribution >= 4 is 31.9 Å². The van der Waals surface area contributed by atoms with Gasteiger partial charge in [-0.15, -0.1) is 0 Å². The maximum atomic E-state index is 4.01. The van der Waals surface area contributed by atoms with Crippen molar-refractivity contribution in [1.82, 2.24) is 0 Å². The summed E-state index contributed by atoms with van der Waals surface area (Å²) in [4.78, 5) is 0. The highest BCUT2D eigenvalue weighted by Gasteiger charge is 2.83. The van der Waals surface area contributed by atoms with Crippen LogP contribution in [0.15, 0.2) is 0 Å². The molecule has 2 heteroatoms. The van der Waals surface area contributed by atoms with Gasteiger partial charge in [0.15, 0.2) is 0 Å². The van der Waals surface area contributed by atoms with Gasteiger partial charge < -0.3 is 0 Å². The Morgan fingerprint density at radius 2 is 1.23 bits per heavy atom. The first kappa shape index (κ1) is 7.27. The Kier molecular flexibility index (Phi) is 0.954. The fraction of sp³-hybridized carbons (Fsp3) is 1.00. The van der Waals surface area contributed by atoms with Gasteiger partial charge in [-0.1, -0.05) is 31.9 Å². The van der Waals surface area contributed by atoms with Crippen LogP contribution in [-0.2, 0) is 0 Å². The molecule has 0 saturated heterocycles. The molecule has 6 saturated carbocycles. The second kappa shape index (κ2) is 1.71. The molecule has 6 fully saturated rings. The van der Waals surface area contributed by atoms with Crippen LogP contribution in [0, 0.1) is 47.3 Å². The Balaban J connectivity index is 1.88. The van der Waals surface area contributed by atoms with E-state index in [1.807, 2.05) is 0 Å². The average Bonchev–Trinajstić information content (AvgIpc) is 2.71. The van der Waals surface area contributed by atoms with Gasteiger partial charge in [0.25, 0.3) is 0 Å². The highest BCUT2D eigenvalue weighted by molar-refractivity contribution is 9.25. The van der Waals surface area contributed by atoms with Gasteiger partial charge in [0.05, 0.1) is 3.23 Å². The van der Waals surface area contributed by atoms with Gasteiger partial charge in [0.2, 0.25) is 0 Å². The molecule has 0 N–H and O–H groups in total. The van der Waals surface area contributed by atoms with Crippen molar-refractivity contribution in [2.24, 2.45) is 47.3 Å². The predicted octanol–water partition coefficient (Wildman–Crippen LogP) is 3.25. The van der Waals surface area contributed by atoms with E-state index >= 15 is 0 Å².